The Kier molecular flexibility index (Phi) is 6.17. The van der Waals surface area contributed by atoms with Crippen molar-refractivity contribution in [2.45, 2.75) is 26.3 Å². The van der Waals surface area contributed by atoms with Gasteiger partial charge in [-0.3, -0.25) is 4.90 Å². The summed E-state index contributed by atoms with van der Waals surface area (Å²) in [6, 6.07) is 3.37. The number of nitrogens with one attached hydrogen (secondary N) is 1. The summed E-state index contributed by atoms with van der Waals surface area (Å²) in [4.78, 5) is 2.23. The number of benzene rings is 1. The van der Waals surface area contributed by atoms with Crippen molar-refractivity contribution in [2.75, 3.05) is 26.2 Å². The van der Waals surface area contributed by atoms with Crippen LogP contribution in [0.15, 0.2) is 12.1 Å². The van der Waals surface area contributed by atoms with Crippen molar-refractivity contribution in [3.05, 3.63) is 34.9 Å². The van der Waals surface area contributed by atoms with Crippen LogP contribution in [0.5, 0.6) is 0 Å². The summed E-state index contributed by atoms with van der Waals surface area (Å²) in [5.41, 5.74) is 0.855. The number of halogens is 3. The van der Waals surface area contributed by atoms with Gasteiger partial charge in [0.05, 0.1) is 0 Å². The molecule has 1 fully saturated rings. The molecule has 0 aromatic heterocycles. The number of rotatable bonds is 3. The average Bonchev–Trinajstić information content (AvgIpc) is 2.41. The highest BCUT2D eigenvalue weighted by atomic mass is 35.5. The van der Waals surface area contributed by atoms with Gasteiger partial charge in [0.15, 0.2) is 11.6 Å². The van der Waals surface area contributed by atoms with Gasteiger partial charge in [0.2, 0.25) is 0 Å². The molecular weight excluding hydrogens is 270 g/mol. The van der Waals surface area contributed by atoms with E-state index >= 15 is 0 Å². The van der Waals surface area contributed by atoms with Crippen molar-refractivity contribution in [1.82, 2.24) is 10.2 Å². The van der Waals surface area contributed by atoms with E-state index in [0.717, 1.165) is 32.6 Å². The monoisotopic (exact) mass is 290 g/mol. The largest absolute Gasteiger partial charge is 0.314 e. The zero-order valence-electron chi connectivity index (χ0n) is 11.4. The third kappa shape index (κ3) is 3.44. The van der Waals surface area contributed by atoms with Crippen LogP contribution in [-0.4, -0.2) is 31.1 Å². The maximum Gasteiger partial charge on any atom is 0.163 e. The second kappa shape index (κ2) is 7.17. The molecule has 0 amide bonds. The summed E-state index contributed by atoms with van der Waals surface area (Å²) in [5.74, 6) is -1.39. The molecule has 108 valence electrons. The fourth-order valence-corrected chi connectivity index (χ4v) is 2.59. The van der Waals surface area contributed by atoms with E-state index in [9.17, 15) is 8.78 Å². The molecule has 0 radical (unpaired) electrons. The Morgan fingerprint density at radius 2 is 1.84 bits per heavy atom. The highest BCUT2D eigenvalue weighted by molar-refractivity contribution is 5.85. The van der Waals surface area contributed by atoms with E-state index < -0.39 is 11.6 Å². The summed E-state index contributed by atoms with van der Waals surface area (Å²) in [7, 11) is 0. The Hall–Kier alpha value is -0.710. The quantitative estimate of drug-likeness (QED) is 0.920. The Morgan fingerprint density at radius 1 is 1.21 bits per heavy atom. The topological polar surface area (TPSA) is 15.3 Å². The molecule has 1 N–H and O–H groups in total. The normalized spacial score (nSPS) is 17.9. The molecular formula is C14H21ClF2N2. The van der Waals surface area contributed by atoms with Crippen LogP contribution in [0, 0.1) is 18.6 Å². The molecule has 1 atom stereocenters. The molecule has 1 aromatic rings. The van der Waals surface area contributed by atoms with E-state index in [-0.39, 0.29) is 18.4 Å². The minimum absolute atomic E-state index is 0. The van der Waals surface area contributed by atoms with E-state index in [2.05, 4.69) is 10.2 Å². The predicted molar refractivity (Wildman–Crippen MR) is 75.8 cm³/mol. The number of hydrogen-bond acceptors (Lipinski definition) is 2. The van der Waals surface area contributed by atoms with Crippen LogP contribution in [0.3, 0.4) is 0 Å². The van der Waals surface area contributed by atoms with Crippen molar-refractivity contribution in [3.63, 3.8) is 0 Å². The van der Waals surface area contributed by atoms with Crippen LogP contribution in [0.1, 0.15) is 30.5 Å². The van der Waals surface area contributed by atoms with Crippen LogP contribution in [0.2, 0.25) is 0 Å². The van der Waals surface area contributed by atoms with E-state index in [0.29, 0.717) is 11.1 Å². The summed E-state index contributed by atoms with van der Waals surface area (Å²) >= 11 is 0. The van der Waals surface area contributed by atoms with Crippen molar-refractivity contribution in [2.24, 2.45) is 0 Å². The highest BCUT2D eigenvalue weighted by Crippen LogP contribution is 2.28. The van der Waals surface area contributed by atoms with Gasteiger partial charge in [0, 0.05) is 37.8 Å². The Balaban J connectivity index is 0.00000180. The van der Waals surface area contributed by atoms with Gasteiger partial charge in [-0.2, -0.15) is 0 Å². The summed E-state index contributed by atoms with van der Waals surface area (Å²) < 4.78 is 27.7. The molecule has 1 heterocycles. The van der Waals surface area contributed by atoms with E-state index in [1.807, 2.05) is 6.92 Å². The lowest BCUT2D eigenvalue weighted by molar-refractivity contribution is 0.165. The molecule has 1 aliphatic rings. The van der Waals surface area contributed by atoms with Crippen molar-refractivity contribution < 1.29 is 8.78 Å². The first kappa shape index (κ1) is 16.3. The molecule has 5 heteroatoms. The van der Waals surface area contributed by atoms with Crippen LogP contribution < -0.4 is 5.32 Å². The third-order valence-electron chi connectivity index (χ3n) is 3.64. The molecule has 0 spiro atoms. The molecule has 0 aliphatic carbocycles. The average molecular weight is 291 g/mol. The van der Waals surface area contributed by atoms with Gasteiger partial charge in [-0.25, -0.2) is 8.78 Å². The van der Waals surface area contributed by atoms with Crippen LogP contribution >= 0.6 is 12.4 Å². The maximum absolute atomic E-state index is 14.0. The number of piperazine rings is 1. The Labute approximate surface area is 119 Å². The number of hydrogen-bond donors (Lipinski definition) is 1. The zero-order valence-corrected chi connectivity index (χ0v) is 12.2. The van der Waals surface area contributed by atoms with Gasteiger partial charge in [0.1, 0.15) is 0 Å². The van der Waals surface area contributed by atoms with Gasteiger partial charge in [-0.1, -0.05) is 19.1 Å². The molecule has 1 saturated heterocycles. The molecule has 2 rings (SSSR count). The molecule has 0 saturated carbocycles. The smallest absolute Gasteiger partial charge is 0.163 e. The first-order chi connectivity index (χ1) is 8.65. The van der Waals surface area contributed by atoms with Gasteiger partial charge in [0.25, 0.3) is 0 Å². The second-order valence-electron chi connectivity index (χ2n) is 4.81. The SMILES string of the molecule is CC[C@H](c1ccc(C)c(F)c1F)N1CCNCC1.Cl. The van der Waals surface area contributed by atoms with Crippen molar-refractivity contribution in [3.8, 4) is 0 Å². The first-order valence-electron chi connectivity index (χ1n) is 6.54. The summed E-state index contributed by atoms with van der Waals surface area (Å²) in [6.07, 6.45) is 0.791. The van der Waals surface area contributed by atoms with Crippen molar-refractivity contribution in [1.29, 1.82) is 0 Å². The third-order valence-corrected chi connectivity index (χ3v) is 3.64. The second-order valence-corrected chi connectivity index (χ2v) is 4.81. The lowest BCUT2D eigenvalue weighted by Gasteiger charge is -2.35. The Morgan fingerprint density at radius 3 is 2.42 bits per heavy atom. The van der Waals surface area contributed by atoms with E-state index in [1.165, 1.54) is 0 Å². The van der Waals surface area contributed by atoms with E-state index in [1.54, 1.807) is 19.1 Å². The van der Waals surface area contributed by atoms with Crippen molar-refractivity contribution >= 4 is 12.4 Å². The van der Waals surface area contributed by atoms with Gasteiger partial charge in [-0.05, 0) is 18.9 Å². The molecule has 1 aromatic carbocycles. The van der Waals surface area contributed by atoms with Gasteiger partial charge < -0.3 is 5.32 Å². The predicted octanol–water partition coefficient (Wildman–Crippen LogP) is 3.05. The van der Waals surface area contributed by atoms with Gasteiger partial charge in [-0.15, -0.1) is 12.4 Å². The van der Waals surface area contributed by atoms with Crippen LogP contribution in [0.25, 0.3) is 0 Å². The fourth-order valence-electron chi connectivity index (χ4n) is 2.59. The fraction of sp³-hybridized carbons (Fsp3) is 0.571. The maximum atomic E-state index is 14.0. The molecule has 0 bridgehead atoms. The summed E-state index contributed by atoms with van der Waals surface area (Å²) in [5, 5.41) is 3.27. The minimum atomic E-state index is -0.707. The van der Waals surface area contributed by atoms with E-state index in [4.69, 9.17) is 0 Å². The lowest BCUT2D eigenvalue weighted by atomic mass is 9.99. The first-order valence-corrected chi connectivity index (χ1v) is 6.54. The summed E-state index contributed by atoms with van der Waals surface area (Å²) in [6.45, 7) is 7.19. The number of nitrogens with zero attached hydrogens (tertiary/aromatic N) is 1. The zero-order chi connectivity index (χ0) is 13.1. The Bertz CT molecular complexity index is 420. The molecule has 2 nitrogen and oxygen atoms in total. The standard InChI is InChI=1S/C14H20F2N2.ClH/c1-3-12(18-8-6-17-7-9-18)11-5-4-10(2)13(15)14(11)16;/h4-5,12,17H,3,6-9H2,1-2H3;1H/t12-;/m1./s1. The van der Waals surface area contributed by atoms with Crippen LogP contribution in [-0.2, 0) is 0 Å². The molecule has 0 unspecified atom stereocenters. The minimum Gasteiger partial charge on any atom is -0.314 e. The number of aryl methyl sites for hydroxylation is 1. The highest BCUT2D eigenvalue weighted by Gasteiger charge is 2.24. The van der Waals surface area contributed by atoms with Gasteiger partial charge >= 0.3 is 0 Å². The lowest BCUT2D eigenvalue weighted by Crippen LogP contribution is -2.45. The molecule has 1 aliphatic heterocycles. The molecule has 19 heavy (non-hydrogen) atoms. The van der Waals surface area contributed by atoms with Crippen LogP contribution in [0.4, 0.5) is 8.78 Å².